The number of benzene rings is 3. The van der Waals surface area contributed by atoms with Crippen LogP contribution in [-0.4, -0.2) is 61.6 Å². The number of aromatic carboxylic acids is 2. The maximum Gasteiger partial charge on any atom is 0.335 e. The molecule has 56 heavy (non-hydrogen) atoms. The van der Waals surface area contributed by atoms with Crippen molar-refractivity contribution in [2.75, 3.05) is 28.2 Å². The molecule has 3 aromatic carbocycles. The Labute approximate surface area is 331 Å². The number of amides is 1. The molecule has 0 spiro atoms. The lowest BCUT2D eigenvalue weighted by Gasteiger charge is -2.31. The third-order valence-corrected chi connectivity index (χ3v) is 9.81. The number of anilines is 6. The lowest BCUT2D eigenvalue weighted by atomic mass is 9.98. The van der Waals surface area contributed by atoms with Crippen LogP contribution in [0.5, 0.6) is 0 Å². The number of rotatable bonds is 21. The fraction of sp³-hybridized carbons (Fsp3) is 0.455. The molecule has 0 aliphatic heterocycles. The molecule has 4 rings (SSSR count). The minimum atomic E-state index is -1.01. The Bertz CT molecular complexity index is 1780. The van der Waals surface area contributed by atoms with Gasteiger partial charge in [0.1, 0.15) is 0 Å². The Morgan fingerprint density at radius 2 is 1.04 bits per heavy atom. The summed E-state index contributed by atoms with van der Waals surface area (Å²) in [5, 5.41) is 25.7. The Hall–Kier alpha value is -5.52. The zero-order valence-electron chi connectivity index (χ0n) is 34.0. The molecule has 12 nitrogen and oxygen atoms in total. The Kier molecular flexibility index (Phi) is 15.8. The van der Waals surface area contributed by atoms with Gasteiger partial charge in [-0.15, -0.1) is 0 Å². The van der Waals surface area contributed by atoms with E-state index < -0.39 is 11.9 Å². The molecule has 300 valence electrons. The lowest BCUT2D eigenvalue weighted by Crippen LogP contribution is -2.40. The average molecular weight is 766 g/mol. The molecule has 0 saturated carbocycles. The van der Waals surface area contributed by atoms with Crippen molar-refractivity contribution >= 4 is 52.8 Å². The first-order valence-electron chi connectivity index (χ1n) is 19.9. The molecule has 0 saturated heterocycles. The van der Waals surface area contributed by atoms with Gasteiger partial charge >= 0.3 is 11.9 Å². The fourth-order valence-corrected chi connectivity index (χ4v) is 6.42. The van der Waals surface area contributed by atoms with E-state index >= 15 is 0 Å². The Balaban J connectivity index is 1.90. The minimum absolute atomic E-state index is 0.176. The van der Waals surface area contributed by atoms with E-state index in [2.05, 4.69) is 38.3 Å². The Morgan fingerprint density at radius 1 is 0.625 bits per heavy atom. The molecular weight excluding hydrogens is 707 g/mol. The summed E-state index contributed by atoms with van der Waals surface area (Å²) in [7, 11) is 0. The zero-order chi connectivity index (χ0) is 40.8. The van der Waals surface area contributed by atoms with Gasteiger partial charge in [-0.3, -0.25) is 4.79 Å². The first-order valence-corrected chi connectivity index (χ1v) is 19.9. The normalized spacial score (nSPS) is 12.4. The number of carboxylic acids is 2. The summed E-state index contributed by atoms with van der Waals surface area (Å²) in [6.45, 7) is 15.7. The molecule has 0 bridgehead atoms. The lowest BCUT2D eigenvalue weighted by molar-refractivity contribution is 0.0686. The van der Waals surface area contributed by atoms with E-state index in [-0.39, 0.29) is 28.5 Å². The van der Waals surface area contributed by atoms with Crippen molar-refractivity contribution in [3.63, 3.8) is 0 Å². The van der Waals surface area contributed by atoms with Crippen molar-refractivity contribution in [3.8, 4) is 0 Å². The van der Waals surface area contributed by atoms with Crippen LogP contribution in [0.4, 0.5) is 34.9 Å². The molecule has 1 heterocycles. The summed E-state index contributed by atoms with van der Waals surface area (Å²) in [5.41, 5.74) is 2.65. The van der Waals surface area contributed by atoms with Crippen molar-refractivity contribution in [1.29, 1.82) is 0 Å². The van der Waals surface area contributed by atoms with Gasteiger partial charge in [0.2, 0.25) is 17.8 Å². The molecule has 0 fully saturated rings. The molecule has 0 radical (unpaired) electrons. The second-order valence-electron chi connectivity index (χ2n) is 15.4. The van der Waals surface area contributed by atoms with Gasteiger partial charge in [0, 0.05) is 41.3 Å². The SMILES string of the molecule is CCCCC(CC)CN(c1ccc(C(=O)O)cc1)c1nc(Nc2ccc(C(=O)NC(C)(C)C)cc2)nc(N(CC(CC)CCCC)c2ccc(C(=O)O)cc2)n1. The van der Waals surface area contributed by atoms with Crippen molar-refractivity contribution in [3.05, 3.63) is 89.5 Å². The van der Waals surface area contributed by atoms with Crippen LogP contribution in [0.15, 0.2) is 72.8 Å². The Morgan fingerprint density at radius 3 is 1.39 bits per heavy atom. The van der Waals surface area contributed by atoms with Crippen molar-refractivity contribution in [2.45, 2.75) is 105 Å². The summed E-state index contributed by atoms with van der Waals surface area (Å²) >= 11 is 0. The van der Waals surface area contributed by atoms with Crippen LogP contribution in [0.1, 0.15) is 131 Å². The molecule has 4 aromatic rings. The van der Waals surface area contributed by atoms with Crippen LogP contribution in [0, 0.1) is 11.8 Å². The van der Waals surface area contributed by atoms with Gasteiger partial charge in [-0.1, -0.05) is 66.2 Å². The first-order chi connectivity index (χ1) is 26.7. The van der Waals surface area contributed by atoms with Gasteiger partial charge in [-0.05, 0) is 118 Å². The van der Waals surface area contributed by atoms with E-state index in [1.165, 1.54) is 0 Å². The van der Waals surface area contributed by atoms with Gasteiger partial charge in [0.25, 0.3) is 5.91 Å². The van der Waals surface area contributed by atoms with Crippen molar-refractivity contribution in [2.24, 2.45) is 11.8 Å². The highest BCUT2D eigenvalue weighted by molar-refractivity contribution is 5.95. The highest BCUT2D eigenvalue weighted by Crippen LogP contribution is 2.33. The highest BCUT2D eigenvalue weighted by atomic mass is 16.4. The minimum Gasteiger partial charge on any atom is -0.478 e. The molecule has 4 N–H and O–H groups in total. The van der Waals surface area contributed by atoms with Crippen LogP contribution >= 0.6 is 0 Å². The zero-order valence-corrected chi connectivity index (χ0v) is 34.0. The third kappa shape index (κ3) is 12.5. The molecule has 1 aromatic heterocycles. The number of carbonyl (C=O) groups is 3. The van der Waals surface area contributed by atoms with Gasteiger partial charge in [-0.2, -0.15) is 15.0 Å². The molecular formula is C44H59N7O5. The quantitative estimate of drug-likeness (QED) is 0.0639. The van der Waals surface area contributed by atoms with Crippen LogP contribution in [0.3, 0.4) is 0 Å². The fourth-order valence-electron chi connectivity index (χ4n) is 6.42. The first kappa shape index (κ1) is 43.2. The van der Waals surface area contributed by atoms with E-state index in [0.29, 0.717) is 48.1 Å². The average Bonchev–Trinajstić information content (AvgIpc) is 3.17. The number of nitrogens with zero attached hydrogens (tertiary/aromatic N) is 5. The number of hydrogen-bond acceptors (Lipinski definition) is 9. The molecule has 2 atom stereocenters. The predicted octanol–water partition coefficient (Wildman–Crippen LogP) is 10.2. The number of aromatic nitrogens is 3. The van der Waals surface area contributed by atoms with Crippen LogP contribution in [0.2, 0.25) is 0 Å². The van der Waals surface area contributed by atoms with E-state index in [9.17, 15) is 24.6 Å². The summed E-state index contributed by atoms with van der Waals surface area (Å²) in [4.78, 5) is 55.7. The number of unbranched alkanes of at least 4 members (excludes halogenated alkanes) is 2. The number of carbonyl (C=O) groups excluding carboxylic acids is 1. The van der Waals surface area contributed by atoms with Crippen LogP contribution < -0.4 is 20.4 Å². The highest BCUT2D eigenvalue weighted by Gasteiger charge is 2.25. The molecule has 12 heteroatoms. The molecule has 0 aliphatic rings. The number of hydrogen-bond donors (Lipinski definition) is 4. The molecule has 2 unspecified atom stereocenters. The standard InChI is InChI=1S/C44H59N7O5/c1-8-12-14-30(10-3)28-50(36-24-18-33(19-25-36)39(53)54)42-46-41(45-35-22-16-32(17-23-35)38(52)49-44(5,6)7)47-43(48-42)51(29-31(11-4)15-13-9-2)37-26-20-34(21-27-37)40(55)56/h16-27,30-31H,8-15,28-29H2,1-7H3,(H,49,52)(H,53,54)(H,55,56)(H,45,46,47,48). The second-order valence-corrected chi connectivity index (χ2v) is 15.4. The van der Waals surface area contributed by atoms with Crippen molar-refractivity contribution in [1.82, 2.24) is 20.3 Å². The number of nitrogens with one attached hydrogen (secondary N) is 2. The molecule has 0 aliphatic carbocycles. The monoisotopic (exact) mass is 765 g/mol. The van der Waals surface area contributed by atoms with E-state index in [1.807, 2.05) is 30.6 Å². The van der Waals surface area contributed by atoms with E-state index in [0.717, 1.165) is 62.7 Å². The summed E-state index contributed by atoms with van der Waals surface area (Å²) < 4.78 is 0. The summed E-state index contributed by atoms with van der Waals surface area (Å²) in [5.74, 6) is -0.551. The van der Waals surface area contributed by atoms with Crippen molar-refractivity contribution < 1.29 is 24.6 Å². The third-order valence-electron chi connectivity index (χ3n) is 9.81. The van der Waals surface area contributed by atoms with E-state index in [1.54, 1.807) is 72.8 Å². The van der Waals surface area contributed by atoms with Gasteiger partial charge in [-0.25, -0.2) is 9.59 Å². The van der Waals surface area contributed by atoms with E-state index in [4.69, 9.17) is 15.0 Å². The van der Waals surface area contributed by atoms with Gasteiger partial charge in [0.05, 0.1) is 11.1 Å². The topological polar surface area (TPSA) is 161 Å². The smallest absolute Gasteiger partial charge is 0.335 e. The predicted molar refractivity (Wildman–Crippen MR) is 224 cm³/mol. The molecule has 1 amide bonds. The van der Waals surface area contributed by atoms with Gasteiger partial charge in [0.15, 0.2) is 0 Å². The number of carboxylic acid groups (broad SMARTS) is 2. The maximum absolute atomic E-state index is 12.9. The van der Waals surface area contributed by atoms with Crippen LogP contribution in [0.25, 0.3) is 0 Å². The summed E-state index contributed by atoms with van der Waals surface area (Å²) in [6, 6.07) is 20.6. The second kappa shape index (κ2) is 20.4. The summed E-state index contributed by atoms with van der Waals surface area (Å²) in [6.07, 6.45) is 8.14. The maximum atomic E-state index is 12.9. The largest absolute Gasteiger partial charge is 0.478 e. The van der Waals surface area contributed by atoms with Gasteiger partial charge < -0.3 is 30.6 Å². The van der Waals surface area contributed by atoms with Crippen LogP contribution in [-0.2, 0) is 0 Å².